The molecule has 3 aromatic rings. The molecule has 0 amide bonds. The summed E-state index contributed by atoms with van der Waals surface area (Å²) in [4.78, 5) is 12.7. The number of aryl methyl sites for hydroxylation is 1. The van der Waals surface area contributed by atoms with Crippen molar-refractivity contribution in [2.24, 2.45) is 0 Å². The molecule has 0 saturated carbocycles. The Bertz CT molecular complexity index is 915. The van der Waals surface area contributed by atoms with Crippen LogP contribution in [0.4, 0.5) is 0 Å². The van der Waals surface area contributed by atoms with E-state index in [2.05, 4.69) is 32.0 Å². The van der Waals surface area contributed by atoms with Crippen LogP contribution in [0.3, 0.4) is 0 Å². The molecule has 0 spiro atoms. The Morgan fingerprint density at radius 1 is 0.893 bits per heavy atom. The van der Waals surface area contributed by atoms with Crippen LogP contribution in [-0.2, 0) is 11.8 Å². The van der Waals surface area contributed by atoms with E-state index in [-0.39, 0.29) is 11.2 Å². The van der Waals surface area contributed by atoms with E-state index in [0.29, 0.717) is 0 Å². The fraction of sp³-hybridized carbons (Fsp3) is 0.269. The van der Waals surface area contributed by atoms with Gasteiger partial charge in [-0.3, -0.25) is 4.79 Å². The highest BCUT2D eigenvalue weighted by molar-refractivity contribution is 6.30. The van der Waals surface area contributed by atoms with Gasteiger partial charge in [0.1, 0.15) is 0 Å². The van der Waals surface area contributed by atoms with Crippen molar-refractivity contribution in [2.75, 3.05) is 0 Å². The molecule has 3 rings (SSSR count). The molecule has 0 fully saturated rings. The summed E-state index contributed by atoms with van der Waals surface area (Å²) in [6, 6.07) is 25.8. The van der Waals surface area contributed by atoms with Gasteiger partial charge in [0.15, 0.2) is 5.78 Å². The normalized spacial score (nSPS) is 13.1. The zero-order valence-corrected chi connectivity index (χ0v) is 17.4. The van der Waals surface area contributed by atoms with Crippen molar-refractivity contribution in [1.29, 1.82) is 0 Å². The van der Waals surface area contributed by atoms with Crippen LogP contribution in [0.2, 0.25) is 5.02 Å². The standard InChI is InChI=1S/C26H27ClO/c1-3-26(2,23-14-16-24(27)17-15-23)18-8-10-20-9-7-13-22(19-20)25(28)21-11-5-4-6-12-21/h4-7,9,11-17,19H,3,8,10,18H2,1-2H3. The van der Waals surface area contributed by atoms with Crippen molar-refractivity contribution in [3.05, 3.63) is 106 Å². The molecule has 0 saturated heterocycles. The van der Waals surface area contributed by atoms with Gasteiger partial charge in [0.05, 0.1) is 0 Å². The highest BCUT2D eigenvalue weighted by Crippen LogP contribution is 2.33. The lowest BCUT2D eigenvalue weighted by Gasteiger charge is -2.29. The number of carbonyl (C=O) groups is 1. The molecule has 0 aliphatic heterocycles. The van der Waals surface area contributed by atoms with Crippen molar-refractivity contribution < 1.29 is 4.79 Å². The van der Waals surface area contributed by atoms with Gasteiger partial charge in [-0.15, -0.1) is 0 Å². The maximum absolute atomic E-state index is 12.7. The van der Waals surface area contributed by atoms with Crippen LogP contribution >= 0.6 is 11.6 Å². The Morgan fingerprint density at radius 2 is 1.57 bits per heavy atom. The molecule has 0 heterocycles. The Kier molecular flexibility index (Phi) is 6.70. The summed E-state index contributed by atoms with van der Waals surface area (Å²) >= 11 is 6.05. The number of rotatable bonds is 8. The van der Waals surface area contributed by atoms with Gasteiger partial charge in [-0.25, -0.2) is 0 Å². The Morgan fingerprint density at radius 3 is 2.25 bits per heavy atom. The number of hydrogen-bond acceptors (Lipinski definition) is 1. The van der Waals surface area contributed by atoms with Gasteiger partial charge in [0.2, 0.25) is 0 Å². The maximum atomic E-state index is 12.7. The largest absolute Gasteiger partial charge is 0.289 e. The molecule has 28 heavy (non-hydrogen) atoms. The molecule has 0 radical (unpaired) electrons. The molecule has 144 valence electrons. The van der Waals surface area contributed by atoms with Crippen LogP contribution in [0, 0.1) is 0 Å². The van der Waals surface area contributed by atoms with Gasteiger partial charge in [0.25, 0.3) is 0 Å². The van der Waals surface area contributed by atoms with Crippen LogP contribution in [0.1, 0.15) is 60.2 Å². The molecule has 0 aromatic heterocycles. The molecular weight excluding hydrogens is 364 g/mol. The highest BCUT2D eigenvalue weighted by atomic mass is 35.5. The van der Waals surface area contributed by atoms with E-state index in [9.17, 15) is 4.79 Å². The van der Waals surface area contributed by atoms with Gasteiger partial charge in [-0.1, -0.05) is 86.1 Å². The van der Waals surface area contributed by atoms with Crippen molar-refractivity contribution in [1.82, 2.24) is 0 Å². The van der Waals surface area contributed by atoms with Crippen LogP contribution in [-0.4, -0.2) is 5.78 Å². The third-order valence-electron chi connectivity index (χ3n) is 5.74. The van der Waals surface area contributed by atoms with Gasteiger partial charge < -0.3 is 0 Å². The Hall–Kier alpha value is -2.38. The predicted molar refractivity (Wildman–Crippen MR) is 118 cm³/mol. The lowest BCUT2D eigenvalue weighted by atomic mass is 9.76. The van der Waals surface area contributed by atoms with Crippen LogP contribution in [0.15, 0.2) is 78.9 Å². The third kappa shape index (κ3) is 4.91. The number of benzene rings is 3. The van der Waals surface area contributed by atoms with Crippen LogP contribution in [0.25, 0.3) is 0 Å². The average molecular weight is 391 g/mol. The number of ketones is 1. The highest BCUT2D eigenvalue weighted by Gasteiger charge is 2.24. The minimum Gasteiger partial charge on any atom is -0.289 e. The predicted octanol–water partition coefficient (Wildman–Crippen LogP) is 7.26. The number of halogens is 1. The van der Waals surface area contributed by atoms with E-state index in [1.165, 1.54) is 11.1 Å². The minimum absolute atomic E-state index is 0.0852. The van der Waals surface area contributed by atoms with E-state index in [4.69, 9.17) is 11.6 Å². The number of hydrogen-bond donors (Lipinski definition) is 0. The fourth-order valence-electron chi connectivity index (χ4n) is 3.68. The summed E-state index contributed by atoms with van der Waals surface area (Å²) in [5.74, 6) is 0.0852. The van der Waals surface area contributed by atoms with Gasteiger partial charge in [-0.2, -0.15) is 0 Å². The number of carbonyl (C=O) groups excluding carboxylic acids is 1. The summed E-state index contributed by atoms with van der Waals surface area (Å²) in [6.45, 7) is 4.57. The molecule has 1 atom stereocenters. The fourth-order valence-corrected chi connectivity index (χ4v) is 3.81. The molecule has 1 unspecified atom stereocenters. The summed E-state index contributed by atoms with van der Waals surface area (Å²) < 4.78 is 0. The summed E-state index contributed by atoms with van der Waals surface area (Å²) in [6.07, 6.45) is 4.23. The van der Waals surface area contributed by atoms with E-state index >= 15 is 0 Å². The summed E-state index contributed by atoms with van der Waals surface area (Å²) in [5.41, 5.74) is 4.20. The lowest BCUT2D eigenvalue weighted by molar-refractivity contribution is 0.103. The molecule has 1 nitrogen and oxygen atoms in total. The Balaban J connectivity index is 1.66. The maximum Gasteiger partial charge on any atom is 0.193 e. The third-order valence-corrected chi connectivity index (χ3v) is 5.99. The molecule has 0 N–H and O–H groups in total. The second-order valence-corrected chi connectivity index (χ2v) is 8.11. The lowest BCUT2D eigenvalue weighted by Crippen LogP contribution is -2.21. The molecule has 2 heteroatoms. The first-order chi connectivity index (χ1) is 13.5. The molecule has 0 aliphatic carbocycles. The SMILES string of the molecule is CCC(C)(CCCc1cccc(C(=O)c2ccccc2)c1)c1ccc(Cl)cc1. The topological polar surface area (TPSA) is 17.1 Å². The zero-order valence-electron chi connectivity index (χ0n) is 16.6. The summed E-state index contributed by atoms with van der Waals surface area (Å²) in [7, 11) is 0. The first-order valence-corrected chi connectivity index (χ1v) is 10.3. The quantitative estimate of drug-likeness (QED) is 0.370. The first-order valence-electron chi connectivity index (χ1n) is 9.96. The average Bonchev–Trinajstić information content (AvgIpc) is 2.74. The second-order valence-electron chi connectivity index (χ2n) is 7.67. The zero-order chi connectivity index (χ0) is 20.0. The van der Waals surface area contributed by atoms with E-state index in [1.807, 2.05) is 60.7 Å². The second kappa shape index (κ2) is 9.21. The van der Waals surface area contributed by atoms with Crippen molar-refractivity contribution in [3.8, 4) is 0 Å². The minimum atomic E-state index is 0.0852. The van der Waals surface area contributed by atoms with E-state index in [1.54, 1.807) is 0 Å². The van der Waals surface area contributed by atoms with Crippen LogP contribution < -0.4 is 0 Å². The smallest absolute Gasteiger partial charge is 0.193 e. The van der Waals surface area contributed by atoms with Gasteiger partial charge >= 0.3 is 0 Å². The van der Waals surface area contributed by atoms with Crippen molar-refractivity contribution in [3.63, 3.8) is 0 Å². The monoisotopic (exact) mass is 390 g/mol. The van der Waals surface area contributed by atoms with Crippen LogP contribution in [0.5, 0.6) is 0 Å². The Labute approximate surface area is 173 Å². The van der Waals surface area contributed by atoms with Gasteiger partial charge in [0, 0.05) is 16.1 Å². The first kappa shape index (κ1) is 20.4. The molecular formula is C26H27ClO. The van der Waals surface area contributed by atoms with Crippen molar-refractivity contribution in [2.45, 2.75) is 44.9 Å². The molecule has 3 aromatic carbocycles. The molecule has 0 aliphatic rings. The molecule has 0 bridgehead atoms. The summed E-state index contributed by atoms with van der Waals surface area (Å²) in [5, 5.41) is 0.780. The van der Waals surface area contributed by atoms with Gasteiger partial charge in [-0.05, 0) is 60.4 Å². The van der Waals surface area contributed by atoms with E-state index < -0.39 is 0 Å². The van der Waals surface area contributed by atoms with E-state index in [0.717, 1.165) is 41.8 Å². The van der Waals surface area contributed by atoms with Crippen molar-refractivity contribution >= 4 is 17.4 Å².